The molecule has 0 amide bonds. The van der Waals surface area contributed by atoms with Crippen molar-refractivity contribution in [3.63, 3.8) is 0 Å². The number of hydrazine groups is 1. The van der Waals surface area contributed by atoms with Crippen LogP contribution in [0.2, 0.25) is 0 Å². The van der Waals surface area contributed by atoms with Gasteiger partial charge in [0, 0.05) is 11.7 Å². The Labute approximate surface area is 156 Å². The zero-order valence-electron chi connectivity index (χ0n) is 14.7. The lowest BCUT2D eigenvalue weighted by atomic mass is 9.78. The molecule has 0 heterocycles. The van der Waals surface area contributed by atoms with E-state index < -0.39 is 0 Å². The van der Waals surface area contributed by atoms with Gasteiger partial charge in [0.25, 0.3) is 0 Å². The van der Waals surface area contributed by atoms with Crippen molar-refractivity contribution in [2.24, 2.45) is 11.8 Å². The maximum Gasteiger partial charge on any atom is 0.189 e. The molecule has 0 unspecified atom stereocenters. The zero-order chi connectivity index (χ0) is 17.5. The fraction of sp³-hybridized carbons (Fsp3) is 0.556. The largest absolute Gasteiger partial charge is 0.358 e. The second-order valence-electron chi connectivity index (χ2n) is 6.60. The molecule has 0 aromatic heterocycles. The van der Waals surface area contributed by atoms with Crippen molar-refractivity contribution in [2.75, 3.05) is 5.32 Å². The van der Waals surface area contributed by atoms with Gasteiger partial charge in [-0.1, -0.05) is 45.7 Å². The number of anilines is 1. The molecule has 3 atom stereocenters. The third kappa shape index (κ3) is 5.60. The van der Waals surface area contributed by atoms with E-state index in [1.54, 1.807) is 0 Å². The van der Waals surface area contributed by atoms with Gasteiger partial charge in [-0.15, -0.1) is 0 Å². The highest BCUT2D eigenvalue weighted by atomic mass is 32.1. The molecule has 4 N–H and O–H groups in total. The predicted octanol–water partition coefficient (Wildman–Crippen LogP) is 3.74. The third-order valence-electron chi connectivity index (χ3n) is 4.93. The van der Waals surface area contributed by atoms with Gasteiger partial charge in [0.1, 0.15) is 0 Å². The maximum atomic E-state index is 5.37. The van der Waals surface area contributed by atoms with Crippen molar-refractivity contribution in [1.82, 2.24) is 16.2 Å². The summed E-state index contributed by atoms with van der Waals surface area (Å²) < 4.78 is 0. The molecule has 0 radical (unpaired) electrons. The SMILES string of the molecule is CCc1ccc(NC(=S)NNC(=S)N[C@@H]2CCC[C@@H](C)[C@@H]2C)cc1. The van der Waals surface area contributed by atoms with Gasteiger partial charge in [0.2, 0.25) is 0 Å². The first-order chi connectivity index (χ1) is 11.5. The Hall–Kier alpha value is -1.40. The molecule has 1 aromatic rings. The Balaban J connectivity index is 1.73. The zero-order valence-corrected chi connectivity index (χ0v) is 16.3. The Morgan fingerprint density at radius 2 is 1.71 bits per heavy atom. The minimum atomic E-state index is 0.429. The summed E-state index contributed by atoms with van der Waals surface area (Å²) in [6, 6.07) is 8.66. The van der Waals surface area contributed by atoms with E-state index in [4.69, 9.17) is 24.4 Å². The number of hydrogen-bond acceptors (Lipinski definition) is 2. The highest BCUT2D eigenvalue weighted by Crippen LogP contribution is 2.29. The van der Waals surface area contributed by atoms with Gasteiger partial charge < -0.3 is 10.6 Å². The summed E-state index contributed by atoms with van der Waals surface area (Å²) in [5.74, 6) is 1.36. The molecule has 2 rings (SSSR count). The first-order valence-corrected chi connectivity index (χ1v) is 9.53. The minimum absolute atomic E-state index is 0.429. The molecule has 0 saturated heterocycles. The molecule has 1 aliphatic carbocycles. The average molecular weight is 365 g/mol. The fourth-order valence-corrected chi connectivity index (χ4v) is 3.46. The molecule has 1 aromatic carbocycles. The Kier molecular flexibility index (Phi) is 7.24. The van der Waals surface area contributed by atoms with E-state index in [1.807, 2.05) is 12.1 Å². The summed E-state index contributed by atoms with van der Waals surface area (Å²) >= 11 is 10.7. The number of aryl methyl sites for hydroxylation is 1. The van der Waals surface area contributed by atoms with Crippen molar-refractivity contribution in [1.29, 1.82) is 0 Å². The molecule has 0 spiro atoms. The molecule has 0 aliphatic heterocycles. The normalized spacial score (nSPS) is 23.2. The van der Waals surface area contributed by atoms with Crippen molar-refractivity contribution >= 4 is 40.3 Å². The summed E-state index contributed by atoms with van der Waals surface area (Å²) in [6.45, 7) is 6.75. The highest BCUT2D eigenvalue weighted by molar-refractivity contribution is 7.80. The lowest BCUT2D eigenvalue weighted by Crippen LogP contribution is -2.53. The molecule has 24 heavy (non-hydrogen) atoms. The van der Waals surface area contributed by atoms with Crippen molar-refractivity contribution in [2.45, 2.75) is 52.5 Å². The quantitative estimate of drug-likeness (QED) is 0.484. The van der Waals surface area contributed by atoms with Crippen LogP contribution in [0, 0.1) is 11.8 Å². The predicted molar refractivity (Wildman–Crippen MR) is 110 cm³/mol. The van der Waals surface area contributed by atoms with E-state index in [9.17, 15) is 0 Å². The molecule has 1 saturated carbocycles. The van der Waals surface area contributed by atoms with Crippen LogP contribution >= 0.6 is 24.4 Å². The van der Waals surface area contributed by atoms with Crippen LogP contribution in [0.4, 0.5) is 5.69 Å². The lowest BCUT2D eigenvalue weighted by molar-refractivity contribution is 0.224. The van der Waals surface area contributed by atoms with E-state index in [0.29, 0.717) is 22.2 Å². The van der Waals surface area contributed by atoms with Crippen LogP contribution in [0.1, 0.15) is 45.6 Å². The van der Waals surface area contributed by atoms with Crippen LogP contribution < -0.4 is 21.5 Å². The molecule has 4 nitrogen and oxygen atoms in total. The summed E-state index contributed by atoms with van der Waals surface area (Å²) in [6.07, 6.45) is 4.76. The first kappa shape index (κ1) is 18.9. The van der Waals surface area contributed by atoms with E-state index >= 15 is 0 Å². The Morgan fingerprint density at radius 1 is 1.04 bits per heavy atom. The third-order valence-corrected chi connectivity index (χ3v) is 5.36. The van der Waals surface area contributed by atoms with E-state index in [1.165, 1.54) is 24.8 Å². The summed E-state index contributed by atoms with van der Waals surface area (Å²) in [5, 5.41) is 7.63. The molecule has 0 bridgehead atoms. The standard InChI is InChI=1S/C18H28N4S2/c1-4-14-8-10-15(11-9-14)19-17(23)21-22-18(24)20-16-7-5-6-12(2)13(16)3/h8-13,16H,4-7H2,1-3H3,(H2,19,21,23)(H2,20,22,24)/t12-,13+,16-/m1/s1. The van der Waals surface area contributed by atoms with E-state index in [2.05, 4.69) is 54.4 Å². The van der Waals surface area contributed by atoms with Crippen molar-refractivity contribution in [3.05, 3.63) is 29.8 Å². The number of nitrogens with one attached hydrogen (secondary N) is 4. The van der Waals surface area contributed by atoms with Crippen molar-refractivity contribution in [3.8, 4) is 0 Å². The van der Waals surface area contributed by atoms with E-state index in [0.717, 1.165) is 18.0 Å². The smallest absolute Gasteiger partial charge is 0.189 e. The molecular formula is C18H28N4S2. The van der Waals surface area contributed by atoms with Gasteiger partial charge in [0.05, 0.1) is 0 Å². The van der Waals surface area contributed by atoms with Gasteiger partial charge in [-0.05, 0) is 66.8 Å². The van der Waals surface area contributed by atoms with Gasteiger partial charge in [-0.3, -0.25) is 10.9 Å². The van der Waals surface area contributed by atoms with Crippen LogP contribution in [-0.4, -0.2) is 16.3 Å². The van der Waals surface area contributed by atoms with Gasteiger partial charge in [0.15, 0.2) is 10.2 Å². The maximum absolute atomic E-state index is 5.37. The van der Waals surface area contributed by atoms with Gasteiger partial charge in [-0.2, -0.15) is 0 Å². The molecule has 132 valence electrons. The lowest BCUT2D eigenvalue weighted by Gasteiger charge is -2.35. The second-order valence-corrected chi connectivity index (χ2v) is 7.42. The van der Waals surface area contributed by atoms with Crippen LogP contribution in [0.3, 0.4) is 0 Å². The minimum Gasteiger partial charge on any atom is -0.358 e. The Bertz CT molecular complexity index is 559. The Morgan fingerprint density at radius 3 is 2.38 bits per heavy atom. The fourth-order valence-electron chi connectivity index (χ4n) is 3.09. The topological polar surface area (TPSA) is 48.1 Å². The summed E-state index contributed by atoms with van der Waals surface area (Å²) in [5.41, 5.74) is 8.18. The molecule has 6 heteroatoms. The number of hydrogen-bond donors (Lipinski definition) is 4. The van der Waals surface area contributed by atoms with Gasteiger partial charge in [-0.25, -0.2) is 0 Å². The first-order valence-electron chi connectivity index (χ1n) is 8.72. The van der Waals surface area contributed by atoms with E-state index in [-0.39, 0.29) is 0 Å². The van der Waals surface area contributed by atoms with Crippen LogP contribution in [0.25, 0.3) is 0 Å². The summed E-state index contributed by atoms with van der Waals surface area (Å²) in [7, 11) is 0. The molecule has 1 aliphatic rings. The number of rotatable bonds is 3. The van der Waals surface area contributed by atoms with Crippen molar-refractivity contribution < 1.29 is 0 Å². The molecular weight excluding hydrogens is 336 g/mol. The summed E-state index contributed by atoms with van der Waals surface area (Å²) in [4.78, 5) is 0. The van der Waals surface area contributed by atoms with Crippen LogP contribution in [-0.2, 0) is 6.42 Å². The van der Waals surface area contributed by atoms with Gasteiger partial charge >= 0.3 is 0 Å². The van der Waals surface area contributed by atoms with Crippen LogP contribution in [0.15, 0.2) is 24.3 Å². The highest BCUT2D eigenvalue weighted by Gasteiger charge is 2.27. The monoisotopic (exact) mass is 364 g/mol. The number of thiocarbonyl (C=S) groups is 2. The number of benzene rings is 1. The second kappa shape index (κ2) is 9.18. The average Bonchev–Trinajstić information content (AvgIpc) is 2.58. The van der Waals surface area contributed by atoms with Crippen LogP contribution in [0.5, 0.6) is 0 Å². The molecule has 1 fully saturated rings.